The predicted molar refractivity (Wildman–Crippen MR) is 63.0 cm³/mol. The summed E-state index contributed by atoms with van der Waals surface area (Å²) in [5.74, 6) is -5.05. The predicted octanol–water partition coefficient (Wildman–Crippen LogP) is 1.39. The minimum atomic E-state index is -1.21. The first-order valence-corrected chi connectivity index (χ1v) is 5.87. The van der Waals surface area contributed by atoms with E-state index in [1.807, 2.05) is 13.8 Å². The summed E-state index contributed by atoms with van der Waals surface area (Å²) in [5, 5.41) is 17.5. The Morgan fingerprint density at radius 2 is 1.67 bits per heavy atom. The van der Waals surface area contributed by atoms with Crippen molar-refractivity contribution < 1.29 is 29.3 Å². The molecule has 6 nitrogen and oxygen atoms in total. The minimum Gasteiger partial charge on any atom is -0.481 e. The highest BCUT2D eigenvalue weighted by Crippen LogP contribution is 2.18. The molecule has 2 N–H and O–H groups in total. The van der Waals surface area contributed by atoms with E-state index in [2.05, 4.69) is 0 Å². The molecule has 18 heavy (non-hydrogen) atoms. The van der Waals surface area contributed by atoms with Crippen LogP contribution in [-0.2, 0) is 19.1 Å². The third kappa shape index (κ3) is 6.22. The molecule has 0 aliphatic rings. The highest BCUT2D eigenvalue weighted by molar-refractivity contribution is 5.84. The van der Waals surface area contributed by atoms with Crippen LogP contribution in [0.25, 0.3) is 0 Å². The Balaban J connectivity index is 4.50. The highest BCUT2D eigenvalue weighted by atomic mass is 16.5. The molecule has 0 saturated carbocycles. The van der Waals surface area contributed by atoms with E-state index in [0.717, 1.165) is 0 Å². The van der Waals surface area contributed by atoms with Crippen LogP contribution in [0.5, 0.6) is 0 Å². The summed E-state index contributed by atoms with van der Waals surface area (Å²) in [6.45, 7) is 5.41. The molecule has 0 heterocycles. The number of ether oxygens (including phenoxy) is 1. The average molecular weight is 260 g/mol. The Morgan fingerprint density at radius 3 is 2.06 bits per heavy atom. The largest absolute Gasteiger partial charge is 0.481 e. The first-order valence-electron chi connectivity index (χ1n) is 5.87. The molecule has 0 fully saturated rings. The van der Waals surface area contributed by atoms with E-state index in [1.54, 1.807) is 0 Å². The fourth-order valence-corrected chi connectivity index (χ4v) is 1.33. The summed E-state index contributed by atoms with van der Waals surface area (Å²) < 4.78 is 4.92. The van der Waals surface area contributed by atoms with Crippen LogP contribution in [-0.4, -0.2) is 34.7 Å². The summed E-state index contributed by atoms with van der Waals surface area (Å²) in [5.41, 5.74) is 0. The Labute approximate surface area is 106 Å². The zero-order chi connectivity index (χ0) is 14.3. The molecule has 6 heteroatoms. The number of carbonyl (C=O) groups is 3. The summed E-state index contributed by atoms with van der Waals surface area (Å²) in [6, 6.07) is 0. The van der Waals surface area contributed by atoms with Crippen LogP contribution >= 0.6 is 0 Å². The van der Waals surface area contributed by atoms with Crippen molar-refractivity contribution in [3.63, 3.8) is 0 Å². The molecule has 0 spiro atoms. The lowest BCUT2D eigenvalue weighted by Crippen LogP contribution is -2.31. The molecule has 0 radical (unpaired) electrons. The quantitative estimate of drug-likeness (QED) is 0.639. The number of esters is 1. The third-order valence-electron chi connectivity index (χ3n) is 2.63. The van der Waals surface area contributed by atoms with Gasteiger partial charge in [-0.15, -0.1) is 0 Å². The second-order valence-corrected chi connectivity index (χ2v) is 4.68. The van der Waals surface area contributed by atoms with Crippen LogP contribution in [0.2, 0.25) is 0 Å². The van der Waals surface area contributed by atoms with Gasteiger partial charge in [-0.3, -0.25) is 14.4 Å². The molecule has 0 aromatic heterocycles. The lowest BCUT2D eigenvalue weighted by molar-refractivity contribution is -0.160. The van der Waals surface area contributed by atoms with Crippen molar-refractivity contribution >= 4 is 17.9 Å². The monoisotopic (exact) mass is 260 g/mol. The van der Waals surface area contributed by atoms with Crippen molar-refractivity contribution in [1.82, 2.24) is 0 Å². The molecule has 2 unspecified atom stereocenters. The van der Waals surface area contributed by atoms with Crippen LogP contribution in [0.4, 0.5) is 0 Å². The maximum Gasteiger partial charge on any atom is 0.310 e. The van der Waals surface area contributed by atoms with Gasteiger partial charge < -0.3 is 14.9 Å². The molecule has 0 bridgehead atoms. The van der Waals surface area contributed by atoms with Crippen LogP contribution in [0.1, 0.15) is 33.6 Å². The van der Waals surface area contributed by atoms with Crippen molar-refractivity contribution in [2.24, 2.45) is 17.8 Å². The summed E-state index contributed by atoms with van der Waals surface area (Å²) >= 11 is 0. The van der Waals surface area contributed by atoms with Gasteiger partial charge in [0.05, 0.1) is 24.9 Å². The van der Waals surface area contributed by atoms with Gasteiger partial charge in [0.1, 0.15) is 0 Å². The topological polar surface area (TPSA) is 101 Å². The molecule has 0 aliphatic heterocycles. The Hall–Kier alpha value is -1.59. The van der Waals surface area contributed by atoms with E-state index in [0.29, 0.717) is 12.3 Å². The lowest BCUT2D eigenvalue weighted by Gasteiger charge is -2.18. The minimum absolute atomic E-state index is 0.180. The van der Waals surface area contributed by atoms with Crippen LogP contribution in [0.15, 0.2) is 0 Å². The van der Waals surface area contributed by atoms with Crippen molar-refractivity contribution in [3.8, 4) is 0 Å². The SMILES string of the molecule is CC(C)CCOC(=O)C(CC(=O)O)C(C)C(=O)O. The molecule has 0 rings (SSSR count). The van der Waals surface area contributed by atoms with E-state index in [4.69, 9.17) is 14.9 Å². The second-order valence-electron chi connectivity index (χ2n) is 4.68. The molecular weight excluding hydrogens is 240 g/mol. The molecule has 104 valence electrons. The fourth-order valence-electron chi connectivity index (χ4n) is 1.33. The van der Waals surface area contributed by atoms with E-state index in [9.17, 15) is 14.4 Å². The summed E-state index contributed by atoms with van der Waals surface area (Å²) in [6.07, 6.45) is 0.126. The lowest BCUT2D eigenvalue weighted by atomic mass is 9.91. The third-order valence-corrected chi connectivity index (χ3v) is 2.63. The Kier molecular flexibility index (Phi) is 7.00. The summed E-state index contributed by atoms with van der Waals surface area (Å²) in [7, 11) is 0. The number of carboxylic acid groups (broad SMARTS) is 2. The first-order chi connectivity index (χ1) is 8.25. The van der Waals surface area contributed by atoms with Gasteiger partial charge in [-0.05, 0) is 12.3 Å². The molecule has 2 atom stereocenters. The maximum atomic E-state index is 11.7. The van der Waals surface area contributed by atoms with Gasteiger partial charge in [0, 0.05) is 0 Å². The van der Waals surface area contributed by atoms with Crippen LogP contribution in [0.3, 0.4) is 0 Å². The molecule has 0 aromatic rings. The number of hydrogen-bond acceptors (Lipinski definition) is 4. The van der Waals surface area contributed by atoms with Gasteiger partial charge in [-0.2, -0.15) is 0 Å². The van der Waals surface area contributed by atoms with Crippen molar-refractivity contribution in [2.45, 2.75) is 33.6 Å². The van der Waals surface area contributed by atoms with Crippen molar-refractivity contribution in [2.75, 3.05) is 6.61 Å². The Morgan fingerprint density at radius 1 is 1.11 bits per heavy atom. The maximum absolute atomic E-state index is 11.7. The molecule has 0 aromatic carbocycles. The van der Waals surface area contributed by atoms with Crippen molar-refractivity contribution in [3.05, 3.63) is 0 Å². The number of carboxylic acids is 2. The first kappa shape index (κ1) is 16.4. The van der Waals surface area contributed by atoms with Crippen LogP contribution < -0.4 is 0 Å². The number of carbonyl (C=O) groups excluding carboxylic acids is 1. The second kappa shape index (κ2) is 7.68. The van der Waals surface area contributed by atoms with Gasteiger partial charge >= 0.3 is 17.9 Å². The number of hydrogen-bond donors (Lipinski definition) is 2. The van der Waals surface area contributed by atoms with E-state index in [1.165, 1.54) is 6.92 Å². The zero-order valence-corrected chi connectivity index (χ0v) is 10.9. The molecule has 0 saturated heterocycles. The van der Waals surface area contributed by atoms with Gasteiger partial charge in [0.25, 0.3) is 0 Å². The van der Waals surface area contributed by atoms with Gasteiger partial charge in [0.15, 0.2) is 0 Å². The normalized spacial score (nSPS) is 14.0. The Bertz CT molecular complexity index is 310. The highest BCUT2D eigenvalue weighted by Gasteiger charge is 2.33. The number of aliphatic carboxylic acids is 2. The van der Waals surface area contributed by atoms with Crippen LogP contribution in [0, 0.1) is 17.8 Å². The molecule has 0 amide bonds. The van der Waals surface area contributed by atoms with Gasteiger partial charge in [-0.1, -0.05) is 20.8 Å². The van der Waals surface area contributed by atoms with E-state index < -0.39 is 36.2 Å². The molecule has 0 aliphatic carbocycles. The van der Waals surface area contributed by atoms with Gasteiger partial charge in [-0.25, -0.2) is 0 Å². The van der Waals surface area contributed by atoms with E-state index >= 15 is 0 Å². The van der Waals surface area contributed by atoms with Crippen molar-refractivity contribution in [1.29, 1.82) is 0 Å². The number of rotatable bonds is 8. The smallest absolute Gasteiger partial charge is 0.310 e. The standard InChI is InChI=1S/C12H20O6/c1-7(2)4-5-18-12(17)9(6-10(13)14)8(3)11(15)16/h7-9H,4-6H2,1-3H3,(H,13,14)(H,15,16). The zero-order valence-electron chi connectivity index (χ0n) is 10.9. The van der Waals surface area contributed by atoms with E-state index in [-0.39, 0.29) is 6.61 Å². The fraction of sp³-hybridized carbons (Fsp3) is 0.750. The summed E-state index contributed by atoms with van der Waals surface area (Å²) in [4.78, 5) is 33.1. The average Bonchev–Trinajstić information content (AvgIpc) is 2.23. The molecular formula is C12H20O6. The van der Waals surface area contributed by atoms with Gasteiger partial charge in [0.2, 0.25) is 0 Å².